The molecule has 0 unspecified atom stereocenters. The number of amides is 1. The number of hydrogen-bond acceptors (Lipinski definition) is 7. The van der Waals surface area contributed by atoms with Crippen molar-refractivity contribution in [2.24, 2.45) is 0 Å². The Hall–Kier alpha value is -2.22. The highest BCUT2D eigenvalue weighted by molar-refractivity contribution is 5.72. The van der Waals surface area contributed by atoms with Gasteiger partial charge in [-0.15, -0.1) is 0 Å². The fraction of sp³-hybridized carbons (Fsp3) is 0.818. The Morgan fingerprint density at radius 1 is 0.415 bits per heavy atom. The lowest BCUT2D eigenvalue weighted by molar-refractivity contribution is -0.118. The van der Waals surface area contributed by atoms with Crippen molar-refractivity contribution in [3.8, 4) is 0 Å². The lowest BCUT2D eigenvalue weighted by atomic mass is 10.7. The summed E-state index contributed by atoms with van der Waals surface area (Å²) >= 11 is 0. The SMILES string of the molecule is CC.CC.CC.CC.CC.CC.CC.CC.CC.CC=O.CC=O.CC=O.CC=O.CC=O.CNC(C)=O.COC. The van der Waals surface area contributed by atoms with Gasteiger partial charge in [-0.3, -0.25) is 4.79 Å². The summed E-state index contributed by atoms with van der Waals surface area (Å²) < 4.78 is 4.25. The van der Waals surface area contributed by atoms with Crippen LogP contribution >= 0.6 is 0 Å². The minimum atomic E-state index is 0.00463. The van der Waals surface area contributed by atoms with Crippen molar-refractivity contribution >= 4 is 37.3 Å². The van der Waals surface area contributed by atoms with Crippen LogP contribution in [0.4, 0.5) is 0 Å². The Kier molecular flexibility index (Phi) is 2200. The van der Waals surface area contributed by atoms with Gasteiger partial charge in [-0.2, -0.15) is 0 Å². The van der Waals surface area contributed by atoms with E-state index in [0.29, 0.717) is 0 Å². The first-order valence-corrected chi connectivity index (χ1v) is 15.3. The summed E-state index contributed by atoms with van der Waals surface area (Å²) in [5.74, 6) is 0.00463. The molecule has 0 heterocycles. The molecule has 266 valence electrons. The smallest absolute Gasteiger partial charge is 0.216 e. The van der Waals surface area contributed by atoms with Gasteiger partial charge in [-0.1, -0.05) is 125 Å². The number of hydrogen-bond donors (Lipinski definition) is 1. The molecule has 0 fully saturated rings. The largest absolute Gasteiger partial charge is 0.388 e. The zero-order chi connectivity index (χ0) is 38.5. The molecule has 8 nitrogen and oxygen atoms in total. The normalized spacial score (nSPS) is 4.17. The van der Waals surface area contributed by atoms with E-state index < -0.39 is 0 Å². The van der Waals surface area contributed by atoms with Gasteiger partial charge in [-0.25, -0.2) is 0 Å². The third kappa shape index (κ3) is 999000. The van der Waals surface area contributed by atoms with E-state index in [2.05, 4.69) is 10.1 Å². The molecule has 0 radical (unpaired) electrons. The molecule has 1 amide bonds. The number of ether oxygens (including phenoxy) is 1. The minimum Gasteiger partial charge on any atom is -0.388 e. The van der Waals surface area contributed by atoms with Crippen LogP contribution in [0.15, 0.2) is 0 Å². The Balaban J connectivity index is -0.0000000117. The number of aldehydes is 5. The maximum absolute atomic E-state index is 9.70. The molecular weight excluding hydrogens is 522 g/mol. The molecule has 0 rings (SSSR count). The van der Waals surface area contributed by atoms with Crippen molar-refractivity contribution < 1.29 is 33.5 Å². The van der Waals surface area contributed by atoms with E-state index in [1.165, 1.54) is 41.5 Å². The van der Waals surface area contributed by atoms with E-state index in [1.807, 2.05) is 125 Å². The van der Waals surface area contributed by atoms with Crippen molar-refractivity contribution in [3.63, 3.8) is 0 Å². The third-order valence-electron chi connectivity index (χ3n) is 0.352. The fourth-order valence-electron chi connectivity index (χ4n) is 0. The molecule has 0 saturated heterocycles. The van der Waals surface area contributed by atoms with Crippen LogP contribution in [0.5, 0.6) is 0 Å². The minimum absolute atomic E-state index is 0.00463. The Morgan fingerprint density at radius 2 is 0.439 bits per heavy atom. The maximum Gasteiger partial charge on any atom is 0.216 e. The van der Waals surface area contributed by atoms with Gasteiger partial charge in [0.15, 0.2) is 0 Å². The van der Waals surface area contributed by atoms with Crippen molar-refractivity contribution in [1.29, 1.82) is 0 Å². The fourth-order valence-corrected chi connectivity index (χ4v) is 0. The van der Waals surface area contributed by atoms with Gasteiger partial charge in [0, 0.05) is 28.2 Å². The second-order valence-electron chi connectivity index (χ2n) is 2.39. The molecule has 0 aliphatic carbocycles. The average Bonchev–Trinajstić information content (AvgIpc) is 3.04. The van der Waals surface area contributed by atoms with Crippen LogP contribution in [0.3, 0.4) is 0 Å². The molecule has 0 aliphatic rings. The van der Waals surface area contributed by atoms with Crippen molar-refractivity contribution in [2.45, 2.75) is 166 Å². The first-order chi connectivity index (χ1) is 19.8. The monoisotopic (exact) mass is 610 g/mol. The molecule has 41 heavy (non-hydrogen) atoms. The first kappa shape index (κ1) is 107. The second kappa shape index (κ2) is 844. The highest BCUT2D eigenvalue weighted by Crippen LogP contribution is 1.45. The summed E-state index contributed by atoms with van der Waals surface area (Å²) in [6.07, 6.45) is 3.75. The predicted molar refractivity (Wildman–Crippen MR) is 193 cm³/mol. The Bertz CT molecular complexity index is 193. The number of methoxy groups -OCH3 is 1. The summed E-state index contributed by atoms with van der Waals surface area (Å²) in [5, 5.41) is 2.39. The average molecular weight is 610 g/mol. The molecule has 0 aliphatic heterocycles. The van der Waals surface area contributed by atoms with Crippen LogP contribution in [0, 0.1) is 0 Å². The summed E-state index contributed by atoms with van der Waals surface area (Å²) in [5.41, 5.74) is 0. The molecule has 0 bridgehead atoms. The van der Waals surface area contributed by atoms with Gasteiger partial charge in [0.25, 0.3) is 0 Å². The van der Waals surface area contributed by atoms with Crippen LogP contribution in [-0.2, 0) is 33.5 Å². The van der Waals surface area contributed by atoms with Gasteiger partial charge in [0.2, 0.25) is 5.91 Å². The highest BCUT2D eigenvalue weighted by atomic mass is 16.4. The van der Waals surface area contributed by atoms with E-state index in [4.69, 9.17) is 24.0 Å². The molecular formula is C33H87NO7. The van der Waals surface area contributed by atoms with Crippen LogP contribution in [0.25, 0.3) is 0 Å². The van der Waals surface area contributed by atoms with Gasteiger partial charge in [-0.05, 0) is 34.6 Å². The molecule has 0 atom stereocenters. The van der Waals surface area contributed by atoms with E-state index in [1.54, 1.807) is 21.3 Å². The topological polar surface area (TPSA) is 124 Å². The van der Waals surface area contributed by atoms with Gasteiger partial charge < -0.3 is 34.0 Å². The second-order valence-corrected chi connectivity index (χ2v) is 2.39. The van der Waals surface area contributed by atoms with Gasteiger partial charge in [0.05, 0.1) is 0 Å². The van der Waals surface area contributed by atoms with Crippen LogP contribution < -0.4 is 5.32 Å². The number of carbonyl (C=O) groups excluding carboxylic acids is 6. The highest BCUT2D eigenvalue weighted by Gasteiger charge is 1.72. The zero-order valence-corrected chi connectivity index (χ0v) is 33.7. The molecule has 0 spiro atoms. The Morgan fingerprint density at radius 3 is 0.439 bits per heavy atom. The summed E-state index contributed by atoms with van der Waals surface area (Å²) in [6, 6.07) is 0. The molecule has 1 N–H and O–H groups in total. The van der Waals surface area contributed by atoms with Gasteiger partial charge >= 0.3 is 0 Å². The molecule has 0 saturated carbocycles. The number of nitrogens with one attached hydrogen (secondary N) is 1. The third-order valence-corrected chi connectivity index (χ3v) is 0.352. The standard InChI is InChI=1S/C3H7NO.C2H6O.5C2H4O.9C2H6/c1-3(5)4-2;1-3-2;5*1-2-3;9*1-2/h1-2H3,(H,4,5);1-2H3;5*2H,1H3;9*1-2H3. The molecule has 0 aromatic heterocycles. The van der Waals surface area contributed by atoms with Crippen LogP contribution in [0.1, 0.15) is 166 Å². The van der Waals surface area contributed by atoms with E-state index in [0.717, 1.165) is 31.4 Å². The van der Waals surface area contributed by atoms with Crippen molar-refractivity contribution in [3.05, 3.63) is 0 Å². The van der Waals surface area contributed by atoms with E-state index >= 15 is 0 Å². The lowest BCUT2D eigenvalue weighted by Crippen LogP contribution is -2.11. The molecule has 8 heteroatoms. The van der Waals surface area contributed by atoms with Crippen LogP contribution in [0.2, 0.25) is 0 Å². The summed E-state index contributed by atoms with van der Waals surface area (Å²) in [6.45, 7) is 44.7. The maximum atomic E-state index is 9.70. The van der Waals surface area contributed by atoms with Crippen LogP contribution in [-0.4, -0.2) is 58.6 Å². The number of carbonyl (C=O) groups is 6. The van der Waals surface area contributed by atoms with Crippen molar-refractivity contribution in [1.82, 2.24) is 5.32 Å². The predicted octanol–water partition coefficient (Wildman–Crippen LogP) is 10.3. The zero-order valence-electron chi connectivity index (χ0n) is 33.7. The molecule has 0 aromatic carbocycles. The summed E-state index contributed by atoms with van der Waals surface area (Å²) in [4.78, 5) is 53.7. The first-order valence-electron chi connectivity index (χ1n) is 15.3. The van der Waals surface area contributed by atoms with Gasteiger partial charge in [0.1, 0.15) is 31.4 Å². The van der Waals surface area contributed by atoms with Crippen molar-refractivity contribution in [2.75, 3.05) is 21.3 Å². The molecule has 0 aromatic rings. The van der Waals surface area contributed by atoms with E-state index in [-0.39, 0.29) is 5.91 Å². The number of rotatable bonds is 0. The summed E-state index contributed by atoms with van der Waals surface area (Å²) in [7, 11) is 4.85. The Labute approximate surface area is 263 Å². The van der Waals surface area contributed by atoms with E-state index in [9.17, 15) is 4.79 Å². The quantitative estimate of drug-likeness (QED) is 0.271. The lowest BCUT2D eigenvalue weighted by Gasteiger charge is -1.80.